The summed E-state index contributed by atoms with van der Waals surface area (Å²) in [5.74, 6) is 3.19. The Bertz CT molecular complexity index is 2020. The van der Waals surface area contributed by atoms with Gasteiger partial charge in [-0.15, -0.1) is 0 Å². The van der Waals surface area contributed by atoms with E-state index in [0.717, 1.165) is 33.6 Å². The maximum Gasteiger partial charge on any atom is 0.219 e. The first-order chi connectivity index (χ1) is 20.0. The molecule has 0 spiro atoms. The average molecular weight is 538 g/mol. The van der Waals surface area contributed by atoms with Gasteiger partial charge in [0.2, 0.25) is 11.8 Å². The summed E-state index contributed by atoms with van der Waals surface area (Å²) in [6, 6.07) is 27.7. The molecule has 0 saturated carbocycles. The number of aromatic nitrogens is 5. The number of hydrogen-bond acceptors (Lipinski definition) is 5. The molecule has 3 aromatic carbocycles. The average Bonchev–Trinajstić information content (AvgIpc) is 3.55. The third kappa shape index (κ3) is 4.47. The number of fused-ring (bicyclic) bond motifs is 3. The van der Waals surface area contributed by atoms with Crippen molar-refractivity contribution in [2.45, 2.75) is 20.8 Å². The number of nitrogens with zero attached hydrogens (tertiary/aromatic N) is 5. The van der Waals surface area contributed by atoms with Gasteiger partial charge in [-0.1, -0.05) is 48.0 Å². The Morgan fingerprint density at radius 2 is 1.41 bits per heavy atom. The summed E-state index contributed by atoms with van der Waals surface area (Å²) in [7, 11) is 0. The molecular formula is C34H27N5O2. The number of rotatable bonds is 6. The third-order valence-electron chi connectivity index (χ3n) is 7.08. The van der Waals surface area contributed by atoms with E-state index in [1.807, 2.05) is 73.1 Å². The van der Waals surface area contributed by atoms with E-state index in [1.165, 1.54) is 16.7 Å². The molecule has 0 N–H and O–H groups in total. The van der Waals surface area contributed by atoms with Gasteiger partial charge in [0.15, 0.2) is 0 Å². The minimum absolute atomic E-state index is 0.520. The van der Waals surface area contributed by atoms with Gasteiger partial charge in [-0.2, -0.15) is 0 Å². The van der Waals surface area contributed by atoms with Crippen LogP contribution in [-0.4, -0.2) is 24.1 Å². The van der Waals surface area contributed by atoms with Crippen LogP contribution >= 0.6 is 0 Å². The van der Waals surface area contributed by atoms with E-state index < -0.39 is 0 Å². The molecule has 7 heteroatoms. The second kappa shape index (κ2) is 9.95. The second-order valence-electron chi connectivity index (χ2n) is 10.1. The SMILES string of the molecule is Cc1cc(C)c(-n2ccnc2-n2c3ccccc3c3ncc(Oc4cccc(Oc5ccccn5)c4)cc32)c(C)c1. The van der Waals surface area contributed by atoms with E-state index in [0.29, 0.717) is 23.1 Å². The highest BCUT2D eigenvalue weighted by Gasteiger charge is 2.19. The zero-order valence-electron chi connectivity index (χ0n) is 22.9. The van der Waals surface area contributed by atoms with Crippen molar-refractivity contribution >= 4 is 21.9 Å². The predicted octanol–water partition coefficient (Wildman–Crippen LogP) is 8.27. The van der Waals surface area contributed by atoms with Crippen molar-refractivity contribution in [1.82, 2.24) is 24.1 Å². The number of para-hydroxylation sites is 1. The van der Waals surface area contributed by atoms with E-state index in [9.17, 15) is 0 Å². The standard InChI is InChI=1S/C34H27N5O2/c1-22-17-23(2)33(24(3)18-22)38-16-15-36-34(38)39-29-12-5-4-11-28(29)32-30(39)20-27(21-37-32)40-25-9-8-10-26(19-25)41-31-13-6-7-14-35-31/h4-21H,1-3H3. The summed E-state index contributed by atoms with van der Waals surface area (Å²) in [4.78, 5) is 13.9. The minimum atomic E-state index is 0.520. The van der Waals surface area contributed by atoms with Crippen molar-refractivity contribution in [1.29, 1.82) is 0 Å². The maximum absolute atomic E-state index is 6.30. The van der Waals surface area contributed by atoms with E-state index in [-0.39, 0.29) is 0 Å². The van der Waals surface area contributed by atoms with Gasteiger partial charge in [0.05, 0.1) is 28.4 Å². The van der Waals surface area contributed by atoms with Crippen LogP contribution in [0.4, 0.5) is 0 Å². The molecule has 4 aromatic heterocycles. The number of hydrogen-bond donors (Lipinski definition) is 0. The first-order valence-corrected chi connectivity index (χ1v) is 13.4. The van der Waals surface area contributed by atoms with Crippen LogP contribution in [0.15, 0.2) is 110 Å². The molecule has 200 valence electrons. The van der Waals surface area contributed by atoms with E-state index in [4.69, 9.17) is 19.4 Å². The molecule has 0 fully saturated rings. The van der Waals surface area contributed by atoms with Crippen molar-refractivity contribution in [2.75, 3.05) is 0 Å². The highest BCUT2D eigenvalue weighted by molar-refractivity contribution is 6.07. The maximum atomic E-state index is 6.30. The summed E-state index contributed by atoms with van der Waals surface area (Å²) in [6.07, 6.45) is 7.31. The van der Waals surface area contributed by atoms with Crippen LogP contribution in [0.3, 0.4) is 0 Å². The molecule has 0 unspecified atom stereocenters. The van der Waals surface area contributed by atoms with E-state index in [1.54, 1.807) is 12.4 Å². The van der Waals surface area contributed by atoms with Crippen molar-refractivity contribution in [2.24, 2.45) is 0 Å². The normalized spacial score (nSPS) is 11.3. The fraction of sp³-hybridized carbons (Fsp3) is 0.0882. The van der Waals surface area contributed by atoms with E-state index >= 15 is 0 Å². The molecule has 0 aliphatic rings. The number of benzene rings is 3. The van der Waals surface area contributed by atoms with Crippen LogP contribution in [0, 0.1) is 20.8 Å². The van der Waals surface area contributed by atoms with Crippen LogP contribution in [-0.2, 0) is 0 Å². The Morgan fingerprint density at radius 3 is 2.22 bits per heavy atom. The fourth-order valence-electron chi connectivity index (χ4n) is 5.54. The number of imidazole rings is 1. The molecule has 7 aromatic rings. The Hall–Kier alpha value is -5.43. The summed E-state index contributed by atoms with van der Waals surface area (Å²) in [5.41, 5.74) is 7.55. The molecule has 0 aliphatic heterocycles. The molecule has 7 rings (SSSR count). The van der Waals surface area contributed by atoms with Crippen LogP contribution in [0.2, 0.25) is 0 Å². The fourth-order valence-corrected chi connectivity index (χ4v) is 5.54. The molecule has 7 nitrogen and oxygen atoms in total. The zero-order valence-corrected chi connectivity index (χ0v) is 22.9. The zero-order chi connectivity index (χ0) is 27.9. The summed E-state index contributed by atoms with van der Waals surface area (Å²) < 4.78 is 16.5. The summed E-state index contributed by atoms with van der Waals surface area (Å²) >= 11 is 0. The lowest BCUT2D eigenvalue weighted by molar-refractivity contribution is 0.449. The topological polar surface area (TPSA) is 67.0 Å². The lowest BCUT2D eigenvalue weighted by Gasteiger charge is -2.16. The van der Waals surface area contributed by atoms with Crippen LogP contribution < -0.4 is 9.47 Å². The molecule has 0 aliphatic carbocycles. The second-order valence-corrected chi connectivity index (χ2v) is 10.1. The first-order valence-electron chi connectivity index (χ1n) is 13.4. The number of aryl methyl sites for hydroxylation is 3. The first kappa shape index (κ1) is 24.6. The van der Waals surface area contributed by atoms with Gasteiger partial charge in [-0.25, -0.2) is 9.97 Å². The largest absolute Gasteiger partial charge is 0.456 e. The van der Waals surface area contributed by atoms with Gasteiger partial charge in [0, 0.05) is 42.2 Å². The highest BCUT2D eigenvalue weighted by Crippen LogP contribution is 2.35. The van der Waals surface area contributed by atoms with Gasteiger partial charge in [0.25, 0.3) is 0 Å². The molecule has 0 amide bonds. The molecular weight excluding hydrogens is 510 g/mol. The lowest BCUT2D eigenvalue weighted by atomic mass is 10.1. The smallest absolute Gasteiger partial charge is 0.219 e. The molecule has 0 atom stereocenters. The number of ether oxygens (including phenoxy) is 2. The van der Waals surface area contributed by atoms with Crippen molar-refractivity contribution in [3.8, 4) is 34.8 Å². The van der Waals surface area contributed by atoms with Crippen molar-refractivity contribution in [3.63, 3.8) is 0 Å². The van der Waals surface area contributed by atoms with Gasteiger partial charge in [-0.3, -0.25) is 14.1 Å². The highest BCUT2D eigenvalue weighted by atomic mass is 16.5. The van der Waals surface area contributed by atoms with Crippen molar-refractivity contribution in [3.05, 3.63) is 126 Å². The summed E-state index contributed by atoms with van der Waals surface area (Å²) in [6.45, 7) is 6.41. The van der Waals surface area contributed by atoms with Gasteiger partial charge >= 0.3 is 0 Å². The molecule has 4 heterocycles. The minimum Gasteiger partial charge on any atom is -0.456 e. The Kier molecular flexibility index (Phi) is 5.97. The van der Waals surface area contributed by atoms with Gasteiger partial charge < -0.3 is 9.47 Å². The van der Waals surface area contributed by atoms with E-state index in [2.05, 4.69) is 59.2 Å². The van der Waals surface area contributed by atoms with Gasteiger partial charge in [-0.05, 0) is 56.2 Å². The van der Waals surface area contributed by atoms with Gasteiger partial charge in [0.1, 0.15) is 17.2 Å². The number of pyridine rings is 2. The lowest BCUT2D eigenvalue weighted by Crippen LogP contribution is -2.08. The van der Waals surface area contributed by atoms with Crippen molar-refractivity contribution < 1.29 is 9.47 Å². The Morgan fingerprint density at radius 1 is 0.634 bits per heavy atom. The molecule has 0 radical (unpaired) electrons. The van der Waals surface area contributed by atoms with Crippen LogP contribution in [0.25, 0.3) is 33.6 Å². The van der Waals surface area contributed by atoms with Crippen LogP contribution in [0.5, 0.6) is 23.1 Å². The Balaban J connectivity index is 1.33. The molecule has 0 saturated heterocycles. The predicted molar refractivity (Wildman–Crippen MR) is 161 cm³/mol. The summed E-state index contributed by atoms with van der Waals surface area (Å²) in [5, 5.41) is 1.05. The molecule has 0 bridgehead atoms. The quantitative estimate of drug-likeness (QED) is 0.214. The monoisotopic (exact) mass is 537 g/mol. The van der Waals surface area contributed by atoms with Crippen LogP contribution in [0.1, 0.15) is 16.7 Å². The third-order valence-corrected chi connectivity index (χ3v) is 7.08. The Labute approximate surface area is 237 Å². The molecule has 41 heavy (non-hydrogen) atoms.